The fourth-order valence-corrected chi connectivity index (χ4v) is 1.78. The average Bonchev–Trinajstić information content (AvgIpc) is 2.31. The standard InChI is InChI=1S/C12H10O3P.Ca/c13-16(14-11-7-3-1-4-8-11)15-12-9-5-2-6-10-12;/h1-10H;/q+1;. The topological polar surface area (TPSA) is 35.5 Å². The van der Waals surface area contributed by atoms with Crippen molar-refractivity contribution in [3.8, 4) is 11.5 Å². The minimum Gasteiger partial charge on any atom is -0.222 e. The zero-order chi connectivity index (χ0) is 11.2. The summed E-state index contributed by atoms with van der Waals surface area (Å²) in [5.41, 5.74) is 0. The normalized spacial score (nSPS) is 8.94. The predicted molar refractivity (Wildman–Crippen MR) is 67.5 cm³/mol. The van der Waals surface area contributed by atoms with Crippen molar-refractivity contribution in [2.45, 2.75) is 0 Å². The Hall–Kier alpha value is -0.600. The van der Waals surface area contributed by atoms with Gasteiger partial charge in [-0.15, -0.1) is 0 Å². The van der Waals surface area contributed by atoms with Crippen molar-refractivity contribution in [2.24, 2.45) is 0 Å². The molecule has 2 radical (unpaired) electrons. The van der Waals surface area contributed by atoms with E-state index in [1.807, 2.05) is 12.1 Å². The van der Waals surface area contributed by atoms with E-state index >= 15 is 0 Å². The van der Waals surface area contributed by atoms with Crippen molar-refractivity contribution >= 4 is 46.0 Å². The Morgan fingerprint density at radius 2 is 1.06 bits per heavy atom. The molecular weight excluding hydrogens is 263 g/mol. The maximum absolute atomic E-state index is 11.5. The maximum atomic E-state index is 11.5. The van der Waals surface area contributed by atoms with Crippen LogP contribution in [-0.4, -0.2) is 37.7 Å². The van der Waals surface area contributed by atoms with E-state index in [1.54, 1.807) is 48.5 Å². The van der Waals surface area contributed by atoms with Gasteiger partial charge >= 0.3 is 8.25 Å². The van der Waals surface area contributed by atoms with E-state index in [4.69, 9.17) is 9.05 Å². The summed E-state index contributed by atoms with van der Waals surface area (Å²) in [6.07, 6.45) is 0. The Morgan fingerprint density at radius 3 is 1.41 bits per heavy atom. The third-order valence-electron chi connectivity index (χ3n) is 1.85. The van der Waals surface area contributed by atoms with Crippen molar-refractivity contribution in [3.05, 3.63) is 60.7 Å². The molecule has 0 unspecified atom stereocenters. The van der Waals surface area contributed by atoms with Crippen molar-refractivity contribution in [1.82, 2.24) is 0 Å². The van der Waals surface area contributed by atoms with Crippen LogP contribution in [0.5, 0.6) is 11.5 Å². The van der Waals surface area contributed by atoms with Crippen LogP contribution in [0.4, 0.5) is 0 Å². The van der Waals surface area contributed by atoms with Crippen LogP contribution in [0.25, 0.3) is 0 Å². The molecule has 2 rings (SSSR count). The van der Waals surface area contributed by atoms with Gasteiger partial charge in [-0.3, -0.25) is 0 Å². The van der Waals surface area contributed by atoms with Gasteiger partial charge in [-0.05, 0) is 24.3 Å². The van der Waals surface area contributed by atoms with Gasteiger partial charge in [-0.25, -0.2) is 9.05 Å². The van der Waals surface area contributed by atoms with Crippen LogP contribution in [-0.2, 0) is 4.57 Å². The SMILES string of the molecule is O=[P+](Oc1ccccc1)Oc1ccccc1.[Ca]. The second-order valence-corrected chi connectivity index (χ2v) is 3.84. The molecule has 0 bridgehead atoms. The number of hydrogen-bond acceptors (Lipinski definition) is 3. The molecule has 0 amide bonds. The van der Waals surface area contributed by atoms with Gasteiger partial charge in [0, 0.05) is 42.3 Å². The van der Waals surface area contributed by atoms with Crippen molar-refractivity contribution in [2.75, 3.05) is 0 Å². The van der Waals surface area contributed by atoms with Gasteiger partial charge in [0.05, 0.1) is 0 Å². The van der Waals surface area contributed by atoms with Gasteiger partial charge in [0.25, 0.3) is 0 Å². The monoisotopic (exact) mass is 273 g/mol. The van der Waals surface area contributed by atoms with Crippen LogP contribution in [0, 0.1) is 0 Å². The Balaban J connectivity index is 0.00000144. The summed E-state index contributed by atoms with van der Waals surface area (Å²) in [5, 5.41) is 0. The minimum atomic E-state index is -2.18. The van der Waals surface area contributed by atoms with Gasteiger partial charge in [0.15, 0.2) is 11.5 Å². The third kappa shape index (κ3) is 5.05. The van der Waals surface area contributed by atoms with E-state index in [-0.39, 0.29) is 37.7 Å². The number of para-hydroxylation sites is 2. The van der Waals surface area contributed by atoms with Gasteiger partial charge in [-0.2, -0.15) is 0 Å². The van der Waals surface area contributed by atoms with E-state index in [0.29, 0.717) is 11.5 Å². The van der Waals surface area contributed by atoms with Crippen LogP contribution in [0.15, 0.2) is 60.7 Å². The first-order valence-corrected chi connectivity index (χ1v) is 5.87. The predicted octanol–water partition coefficient (Wildman–Crippen LogP) is 3.42. The van der Waals surface area contributed by atoms with Gasteiger partial charge < -0.3 is 0 Å². The first-order chi connectivity index (χ1) is 7.84. The first kappa shape index (κ1) is 14.5. The molecule has 2 aromatic rings. The van der Waals surface area contributed by atoms with Crippen molar-refractivity contribution < 1.29 is 13.6 Å². The van der Waals surface area contributed by atoms with Crippen LogP contribution < -0.4 is 9.05 Å². The summed E-state index contributed by atoms with van der Waals surface area (Å²) in [6, 6.07) is 17.8. The molecule has 0 aliphatic carbocycles. The zero-order valence-electron chi connectivity index (χ0n) is 9.15. The molecule has 82 valence electrons. The molecule has 0 N–H and O–H groups in total. The van der Waals surface area contributed by atoms with Gasteiger partial charge in [-0.1, -0.05) is 36.4 Å². The Kier molecular flexibility index (Phi) is 6.53. The molecule has 5 heteroatoms. The van der Waals surface area contributed by atoms with Crippen LogP contribution in [0.2, 0.25) is 0 Å². The molecule has 3 nitrogen and oxygen atoms in total. The van der Waals surface area contributed by atoms with E-state index in [2.05, 4.69) is 0 Å². The molecule has 0 saturated heterocycles. The van der Waals surface area contributed by atoms with Crippen molar-refractivity contribution in [1.29, 1.82) is 0 Å². The summed E-state index contributed by atoms with van der Waals surface area (Å²) in [4.78, 5) is 0. The maximum Gasteiger partial charge on any atom is 0.805 e. The largest absolute Gasteiger partial charge is 0.805 e. The third-order valence-corrected chi connectivity index (χ3v) is 2.57. The minimum absolute atomic E-state index is 0. The molecule has 0 atom stereocenters. The summed E-state index contributed by atoms with van der Waals surface area (Å²) < 4.78 is 21.7. The molecule has 0 spiro atoms. The molecule has 0 heterocycles. The fraction of sp³-hybridized carbons (Fsp3) is 0. The van der Waals surface area contributed by atoms with E-state index in [9.17, 15) is 4.57 Å². The van der Waals surface area contributed by atoms with Crippen molar-refractivity contribution in [3.63, 3.8) is 0 Å². The van der Waals surface area contributed by atoms with Gasteiger partial charge in [0.1, 0.15) is 0 Å². The molecule has 0 fully saturated rings. The second kappa shape index (κ2) is 7.67. The quantitative estimate of drug-likeness (QED) is 0.632. The molecule has 0 aromatic heterocycles. The summed E-state index contributed by atoms with van der Waals surface area (Å²) in [5.74, 6) is 1.05. The molecule has 0 aliphatic rings. The summed E-state index contributed by atoms with van der Waals surface area (Å²) in [7, 11) is -2.18. The number of rotatable bonds is 4. The fourth-order valence-electron chi connectivity index (χ4n) is 1.15. The molecule has 17 heavy (non-hydrogen) atoms. The zero-order valence-corrected chi connectivity index (χ0v) is 12.3. The second-order valence-electron chi connectivity index (χ2n) is 3.03. The van der Waals surface area contributed by atoms with Crippen LogP contribution in [0.3, 0.4) is 0 Å². The molecule has 2 aromatic carbocycles. The van der Waals surface area contributed by atoms with E-state index in [1.165, 1.54) is 0 Å². The summed E-state index contributed by atoms with van der Waals surface area (Å²) in [6.45, 7) is 0. The van der Waals surface area contributed by atoms with Gasteiger partial charge in [0.2, 0.25) is 0 Å². The Morgan fingerprint density at radius 1 is 0.706 bits per heavy atom. The van der Waals surface area contributed by atoms with Crippen LogP contribution >= 0.6 is 8.25 Å². The summed E-state index contributed by atoms with van der Waals surface area (Å²) >= 11 is 0. The first-order valence-electron chi connectivity index (χ1n) is 4.78. The Labute approximate surface area is 131 Å². The van der Waals surface area contributed by atoms with E-state index in [0.717, 1.165) is 0 Å². The van der Waals surface area contributed by atoms with Crippen LogP contribution in [0.1, 0.15) is 0 Å². The molecule has 0 aliphatic heterocycles. The number of benzene rings is 2. The smallest absolute Gasteiger partial charge is 0.222 e. The number of hydrogen-bond donors (Lipinski definition) is 0. The van der Waals surface area contributed by atoms with E-state index < -0.39 is 8.25 Å². The molecular formula is C12H10CaO3P+. The molecule has 0 saturated carbocycles. The average molecular weight is 273 g/mol. The Bertz CT molecular complexity index is 418.